The third-order valence-electron chi connectivity index (χ3n) is 2.94. The van der Waals surface area contributed by atoms with Gasteiger partial charge in [0.25, 0.3) is 0 Å². The molecule has 4 nitrogen and oxygen atoms in total. The van der Waals surface area contributed by atoms with Crippen molar-refractivity contribution >= 4 is 11.8 Å². The van der Waals surface area contributed by atoms with Gasteiger partial charge in [0.2, 0.25) is 0 Å². The number of rotatable bonds is 3. The van der Waals surface area contributed by atoms with E-state index in [4.69, 9.17) is 0 Å². The second-order valence-corrected chi connectivity index (χ2v) is 3.94. The average Bonchev–Trinajstić information content (AvgIpc) is 2.79. The molecule has 1 saturated heterocycles. The lowest BCUT2D eigenvalue weighted by atomic mass is 9.88. The van der Waals surface area contributed by atoms with E-state index in [1.54, 1.807) is 30.3 Å². The first-order valence-electron chi connectivity index (χ1n) is 5.25. The lowest BCUT2D eigenvalue weighted by Gasteiger charge is -2.22. The number of benzene rings is 1. The van der Waals surface area contributed by atoms with Crippen molar-refractivity contribution in [2.24, 2.45) is 0 Å². The summed E-state index contributed by atoms with van der Waals surface area (Å²) >= 11 is 0. The average molecular weight is 219 g/mol. The quantitative estimate of drug-likeness (QED) is 0.589. The number of carboxylic acids is 1. The number of hydrogen-bond donors (Lipinski definition) is 2. The molecule has 16 heavy (non-hydrogen) atoms. The van der Waals surface area contributed by atoms with E-state index in [-0.39, 0.29) is 5.78 Å². The summed E-state index contributed by atoms with van der Waals surface area (Å²) < 4.78 is 0. The topological polar surface area (TPSA) is 66.4 Å². The smallest absolute Gasteiger partial charge is 0.332 e. The zero-order valence-corrected chi connectivity index (χ0v) is 8.77. The molecular weight excluding hydrogens is 206 g/mol. The molecule has 1 aliphatic rings. The number of ketones is 1. The van der Waals surface area contributed by atoms with Crippen LogP contribution in [-0.2, 0) is 4.79 Å². The van der Waals surface area contributed by atoms with Crippen molar-refractivity contribution in [2.45, 2.75) is 18.4 Å². The van der Waals surface area contributed by atoms with Crippen LogP contribution in [0.5, 0.6) is 0 Å². The molecule has 4 heteroatoms. The monoisotopic (exact) mass is 219 g/mol. The number of carbonyl (C=O) groups excluding carboxylic acids is 1. The van der Waals surface area contributed by atoms with Gasteiger partial charge in [0.15, 0.2) is 11.3 Å². The molecule has 84 valence electrons. The van der Waals surface area contributed by atoms with Crippen LogP contribution >= 0.6 is 0 Å². The summed E-state index contributed by atoms with van der Waals surface area (Å²) in [5.74, 6) is -1.43. The molecule has 1 fully saturated rings. The highest BCUT2D eigenvalue weighted by molar-refractivity contribution is 6.16. The number of Topliss-reactive ketones (excluding diaryl/α,β-unsaturated/α-hetero) is 1. The van der Waals surface area contributed by atoms with Gasteiger partial charge >= 0.3 is 5.97 Å². The van der Waals surface area contributed by atoms with Gasteiger partial charge in [-0.25, -0.2) is 4.79 Å². The van der Waals surface area contributed by atoms with Gasteiger partial charge in [-0.05, 0) is 19.4 Å². The highest BCUT2D eigenvalue weighted by Gasteiger charge is 2.48. The first kappa shape index (κ1) is 10.8. The van der Waals surface area contributed by atoms with Gasteiger partial charge in [0.05, 0.1) is 0 Å². The molecule has 2 rings (SSSR count). The Morgan fingerprint density at radius 1 is 1.25 bits per heavy atom. The SMILES string of the molecule is O=C(O)C1(C(=O)c2ccccc2)CCCN1. The molecule has 0 aromatic heterocycles. The highest BCUT2D eigenvalue weighted by atomic mass is 16.4. The largest absolute Gasteiger partial charge is 0.480 e. The van der Waals surface area contributed by atoms with Crippen LogP contribution in [0.4, 0.5) is 0 Å². The highest BCUT2D eigenvalue weighted by Crippen LogP contribution is 2.24. The van der Waals surface area contributed by atoms with E-state index < -0.39 is 11.5 Å². The standard InChI is InChI=1S/C12H13NO3/c14-10(9-5-2-1-3-6-9)12(11(15)16)7-4-8-13-12/h1-3,5-6,13H,4,7-8H2,(H,15,16). The predicted molar refractivity (Wildman–Crippen MR) is 58.4 cm³/mol. The summed E-state index contributed by atoms with van der Waals surface area (Å²) in [6.45, 7) is 0.574. The van der Waals surface area contributed by atoms with Crippen molar-refractivity contribution in [2.75, 3.05) is 6.54 Å². The lowest BCUT2D eigenvalue weighted by Crippen LogP contribution is -2.54. The van der Waals surface area contributed by atoms with Crippen LogP contribution in [-0.4, -0.2) is 28.9 Å². The van der Waals surface area contributed by atoms with Crippen molar-refractivity contribution in [3.8, 4) is 0 Å². The number of hydrogen-bond acceptors (Lipinski definition) is 3. The second-order valence-electron chi connectivity index (χ2n) is 3.94. The normalized spacial score (nSPS) is 24.2. The molecular formula is C12H13NO3. The Balaban J connectivity index is 2.36. The fraction of sp³-hybridized carbons (Fsp3) is 0.333. The van der Waals surface area contributed by atoms with Crippen molar-refractivity contribution < 1.29 is 14.7 Å². The number of nitrogens with one attached hydrogen (secondary N) is 1. The van der Waals surface area contributed by atoms with Gasteiger partial charge in [-0.1, -0.05) is 30.3 Å². The van der Waals surface area contributed by atoms with Crippen LogP contribution in [0.1, 0.15) is 23.2 Å². The van der Waals surface area contributed by atoms with Gasteiger partial charge in [-0.15, -0.1) is 0 Å². The van der Waals surface area contributed by atoms with Crippen LogP contribution in [0.2, 0.25) is 0 Å². The molecule has 1 atom stereocenters. The summed E-state index contributed by atoms with van der Waals surface area (Å²) in [6.07, 6.45) is 1.07. The van der Waals surface area contributed by atoms with E-state index >= 15 is 0 Å². The first-order chi connectivity index (χ1) is 7.67. The van der Waals surface area contributed by atoms with Gasteiger partial charge in [0, 0.05) is 5.56 Å². The minimum absolute atomic E-state index is 0.349. The Morgan fingerprint density at radius 3 is 2.44 bits per heavy atom. The Kier molecular flexibility index (Phi) is 2.75. The van der Waals surface area contributed by atoms with Crippen LogP contribution in [0.25, 0.3) is 0 Å². The molecule has 1 aromatic carbocycles. The van der Waals surface area contributed by atoms with E-state index in [1.165, 1.54) is 0 Å². The van der Waals surface area contributed by atoms with Crippen molar-refractivity contribution in [3.05, 3.63) is 35.9 Å². The summed E-state index contributed by atoms with van der Waals surface area (Å²) in [6, 6.07) is 8.56. The van der Waals surface area contributed by atoms with Crippen LogP contribution in [0.3, 0.4) is 0 Å². The van der Waals surface area contributed by atoms with Crippen LogP contribution < -0.4 is 5.32 Å². The summed E-state index contributed by atoms with van der Waals surface area (Å²) in [4.78, 5) is 23.4. The first-order valence-corrected chi connectivity index (χ1v) is 5.25. The van der Waals surface area contributed by atoms with E-state index in [9.17, 15) is 14.7 Å². The molecule has 0 radical (unpaired) electrons. The zero-order valence-electron chi connectivity index (χ0n) is 8.77. The van der Waals surface area contributed by atoms with Gasteiger partial charge in [-0.2, -0.15) is 0 Å². The predicted octanol–water partition coefficient (Wildman–Crippen LogP) is 1.08. The number of carboxylic acid groups (broad SMARTS) is 1. The van der Waals surface area contributed by atoms with E-state index in [2.05, 4.69) is 5.32 Å². The third-order valence-corrected chi connectivity index (χ3v) is 2.94. The molecule has 0 saturated carbocycles. The maximum absolute atomic E-state index is 12.2. The molecule has 1 aromatic rings. The van der Waals surface area contributed by atoms with Crippen molar-refractivity contribution in [3.63, 3.8) is 0 Å². The third kappa shape index (κ3) is 1.61. The molecule has 1 aliphatic heterocycles. The van der Waals surface area contributed by atoms with Gasteiger partial charge in [0.1, 0.15) is 0 Å². The summed E-state index contributed by atoms with van der Waals surface area (Å²) in [5.41, 5.74) is -0.972. The molecule has 0 spiro atoms. The Morgan fingerprint density at radius 2 is 1.94 bits per heavy atom. The van der Waals surface area contributed by atoms with Gasteiger partial charge in [-0.3, -0.25) is 10.1 Å². The molecule has 2 N–H and O–H groups in total. The maximum atomic E-state index is 12.2. The Bertz CT molecular complexity index is 408. The van der Waals surface area contributed by atoms with E-state index in [0.29, 0.717) is 24.9 Å². The van der Waals surface area contributed by atoms with Gasteiger partial charge < -0.3 is 5.11 Å². The summed E-state index contributed by atoms with van der Waals surface area (Å²) in [7, 11) is 0. The molecule has 1 unspecified atom stereocenters. The molecule has 0 bridgehead atoms. The van der Waals surface area contributed by atoms with Crippen molar-refractivity contribution in [1.29, 1.82) is 0 Å². The van der Waals surface area contributed by atoms with Crippen LogP contribution in [0, 0.1) is 0 Å². The Hall–Kier alpha value is -1.68. The van der Waals surface area contributed by atoms with Crippen LogP contribution in [0.15, 0.2) is 30.3 Å². The second kappa shape index (κ2) is 4.06. The number of carbonyl (C=O) groups is 2. The molecule has 1 heterocycles. The molecule has 0 aliphatic carbocycles. The molecule has 0 amide bonds. The van der Waals surface area contributed by atoms with E-state index in [1.807, 2.05) is 0 Å². The summed E-state index contributed by atoms with van der Waals surface area (Å²) in [5, 5.41) is 12.0. The minimum atomic E-state index is -1.42. The zero-order chi connectivity index (χ0) is 11.6. The fourth-order valence-corrected chi connectivity index (χ4v) is 2.05. The fourth-order valence-electron chi connectivity index (χ4n) is 2.05. The minimum Gasteiger partial charge on any atom is -0.480 e. The van der Waals surface area contributed by atoms with E-state index in [0.717, 1.165) is 0 Å². The lowest BCUT2D eigenvalue weighted by molar-refractivity contribution is -0.142. The number of aliphatic carboxylic acids is 1. The van der Waals surface area contributed by atoms with Crippen molar-refractivity contribution in [1.82, 2.24) is 5.32 Å². The Labute approximate surface area is 93.3 Å². The maximum Gasteiger partial charge on any atom is 0.332 e.